The quantitative estimate of drug-likeness (QED) is 0.0953. The number of rotatable bonds is 9. The van der Waals surface area contributed by atoms with Crippen LogP contribution in [-0.4, -0.2) is 83.9 Å². The maximum atomic E-state index is 14.0. The molecule has 44 heavy (non-hydrogen) atoms. The lowest BCUT2D eigenvalue weighted by atomic mass is 9.90. The third kappa shape index (κ3) is 4.62. The Bertz CT molecular complexity index is 1030. The maximum absolute atomic E-state index is 14.0. The Kier molecular flexibility index (Phi) is 9.37. The topological polar surface area (TPSA) is 0 Å². The Morgan fingerprint density at radius 2 is 0.523 bits per heavy atom. The molecule has 0 N–H and O–H groups in total. The van der Waals surface area contributed by atoms with Crippen LogP contribution in [0.3, 0.4) is 0 Å². The van der Waals surface area contributed by atoms with Crippen molar-refractivity contribution in [2.45, 2.75) is 71.1 Å². The fourth-order valence-corrected chi connectivity index (χ4v) is 5.75. The lowest BCUT2D eigenvalue weighted by Crippen LogP contribution is -2.92. The van der Waals surface area contributed by atoms with Crippen molar-refractivity contribution in [3.8, 4) is 0 Å². The van der Waals surface area contributed by atoms with Gasteiger partial charge in [-0.05, 0) is 0 Å². The Morgan fingerprint density at radius 3 is 0.727 bits per heavy atom. The number of halogens is 30. The second kappa shape index (κ2) is 9.79. The summed E-state index contributed by atoms with van der Waals surface area (Å²) in [5, 5.41) is 0. The van der Waals surface area contributed by atoms with E-state index in [2.05, 4.69) is 0 Å². The SMILES string of the molecule is FC(F)(F)C(F)(F)C(F)(F)C(F)(F)C(F)(F)C(F)(F)C(F)(F)C(F)(F)[N+](F)(F)[Si](C(F)(F)F)(C(F)(F)F)C(F)(F)C(F)(F)F. The average Bonchev–Trinajstić information content (AvgIpc) is 2.68. The monoisotopic (exact) mass is 756 g/mol. The molecule has 0 aliphatic rings. The molecule has 0 aromatic rings. The molecule has 0 radical (unpaired) electrons. The van der Waals surface area contributed by atoms with Crippen LogP contribution in [0.5, 0.6) is 0 Å². The highest BCUT2D eigenvalue weighted by molar-refractivity contribution is 6.79. The van der Waals surface area contributed by atoms with Gasteiger partial charge in [-0.1, -0.05) is 0 Å². The Balaban J connectivity index is 8.12. The zero-order valence-electron chi connectivity index (χ0n) is 18.3. The minimum Gasteiger partial charge on any atom is -0.192 e. The molecule has 0 bridgehead atoms. The Hall–Kier alpha value is -1.92. The number of hydrogen-bond acceptors (Lipinski definition) is 0. The van der Waals surface area contributed by atoms with Gasteiger partial charge >= 0.3 is 79.3 Å². The van der Waals surface area contributed by atoms with E-state index in [1.54, 1.807) is 0 Å². The van der Waals surface area contributed by atoms with Crippen LogP contribution in [0.4, 0.5) is 132 Å². The van der Waals surface area contributed by atoms with E-state index in [0.717, 1.165) is 0 Å². The largest absolute Gasteiger partial charge is 0.670 e. The second-order valence-electron chi connectivity index (χ2n) is 7.78. The van der Waals surface area contributed by atoms with Gasteiger partial charge in [-0.15, -0.1) is 8.78 Å². The minimum atomic E-state index is -12.6. The summed E-state index contributed by atoms with van der Waals surface area (Å²) in [6, 6.07) is -10.3. The molecule has 0 heterocycles. The van der Waals surface area contributed by atoms with E-state index in [-0.39, 0.29) is 0 Å². The third-order valence-electron chi connectivity index (χ3n) is 5.11. The molecular formula is C12F30NSi+. The highest BCUT2D eigenvalue weighted by atomic mass is 28.3. The van der Waals surface area contributed by atoms with Gasteiger partial charge in [0.15, 0.2) is 0 Å². The highest BCUT2D eigenvalue weighted by Crippen LogP contribution is 2.68. The molecule has 0 rings (SSSR count). The molecule has 0 unspecified atom stereocenters. The van der Waals surface area contributed by atoms with E-state index in [9.17, 15) is 132 Å². The first-order valence-corrected chi connectivity index (χ1v) is 10.8. The molecule has 0 aromatic heterocycles. The van der Waals surface area contributed by atoms with Gasteiger partial charge in [0, 0.05) is 8.96 Å². The molecule has 0 saturated carbocycles. The first kappa shape index (κ1) is 42.1. The smallest absolute Gasteiger partial charge is 0.192 e. The fourth-order valence-electron chi connectivity index (χ4n) is 2.76. The van der Waals surface area contributed by atoms with Gasteiger partial charge in [-0.2, -0.15) is 114 Å². The lowest BCUT2D eigenvalue weighted by molar-refractivity contribution is -1.17. The van der Waals surface area contributed by atoms with Crippen molar-refractivity contribution in [2.24, 2.45) is 0 Å². The molecule has 0 fully saturated rings. The Labute approximate surface area is 217 Å². The van der Waals surface area contributed by atoms with Crippen LogP contribution in [0, 0.1) is 0 Å². The number of hydrogen-bond donors (Lipinski definition) is 0. The van der Waals surface area contributed by atoms with E-state index in [0.29, 0.717) is 0 Å². The zero-order chi connectivity index (χ0) is 37.0. The van der Waals surface area contributed by atoms with E-state index >= 15 is 0 Å². The minimum absolute atomic E-state index is 8.35. The molecule has 266 valence electrons. The van der Waals surface area contributed by atoms with Crippen LogP contribution in [0.25, 0.3) is 0 Å². The van der Waals surface area contributed by atoms with Crippen molar-refractivity contribution in [3.63, 3.8) is 0 Å². The molecular weight excluding hydrogens is 756 g/mol. The molecule has 32 heteroatoms. The van der Waals surface area contributed by atoms with Crippen molar-refractivity contribution >= 4 is 8.24 Å². The zero-order valence-corrected chi connectivity index (χ0v) is 19.3. The molecule has 0 atom stereocenters. The molecule has 0 aliphatic heterocycles. The van der Waals surface area contributed by atoms with Crippen molar-refractivity contribution in [2.75, 3.05) is 0 Å². The van der Waals surface area contributed by atoms with Gasteiger partial charge in [0.05, 0.1) is 4.59 Å². The van der Waals surface area contributed by atoms with Crippen molar-refractivity contribution in [1.29, 1.82) is 0 Å². The number of alkyl halides is 28. The van der Waals surface area contributed by atoms with Crippen LogP contribution in [0.1, 0.15) is 0 Å². The summed E-state index contributed by atoms with van der Waals surface area (Å²) in [6.45, 7) is 0. The molecule has 0 spiro atoms. The van der Waals surface area contributed by atoms with E-state index < -0.39 is 83.9 Å². The van der Waals surface area contributed by atoms with Crippen molar-refractivity contribution in [1.82, 2.24) is 0 Å². The molecule has 1 nitrogen and oxygen atoms in total. The number of quaternary nitrogens is 1. The van der Waals surface area contributed by atoms with Crippen LogP contribution in [0.15, 0.2) is 0 Å². The third-order valence-corrected chi connectivity index (χ3v) is 9.07. The van der Waals surface area contributed by atoms with Crippen molar-refractivity contribution in [3.05, 3.63) is 0 Å². The van der Waals surface area contributed by atoms with Crippen LogP contribution >= 0.6 is 0 Å². The first-order valence-electron chi connectivity index (χ1n) is 8.83. The Morgan fingerprint density at radius 1 is 0.295 bits per heavy atom. The van der Waals surface area contributed by atoms with Gasteiger partial charge < -0.3 is 0 Å². The predicted molar refractivity (Wildman–Crippen MR) is 72.0 cm³/mol. The lowest BCUT2D eigenvalue weighted by Gasteiger charge is -2.45. The molecule has 0 aliphatic carbocycles. The summed E-state index contributed by atoms with van der Waals surface area (Å²) in [6.07, 6.45) is -17.3. The predicted octanol–water partition coefficient (Wildman–Crippen LogP) is 9.42. The molecule has 0 aromatic carbocycles. The summed E-state index contributed by atoms with van der Waals surface area (Å²) < 4.78 is 384. The average molecular weight is 756 g/mol. The maximum Gasteiger partial charge on any atom is 0.670 e. The second-order valence-corrected chi connectivity index (χ2v) is 11.5. The normalized spacial score (nSPS) is 17.3. The van der Waals surface area contributed by atoms with Gasteiger partial charge in [0.2, 0.25) is 0 Å². The van der Waals surface area contributed by atoms with Crippen LogP contribution in [-0.2, 0) is 0 Å². The van der Waals surface area contributed by atoms with E-state index in [1.807, 2.05) is 0 Å². The molecule has 0 saturated heterocycles. The van der Waals surface area contributed by atoms with Crippen LogP contribution < -0.4 is 0 Å². The fraction of sp³-hybridized carbons (Fsp3) is 1.00. The summed E-state index contributed by atoms with van der Waals surface area (Å²) in [7, 11) is -12.6. The summed E-state index contributed by atoms with van der Waals surface area (Å²) in [4.78, 5) is 0. The van der Waals surface area contributed by atoms with Crippen LogP contribution in [0.2, 0.25) is 0 Å². The van der Waals surface area contributed by atoms with Crippen molar-refractivity contribution < 1.29 is 136 Å². The van der Waals surface area contributed by atoms with E-state index in [4.69, 9.17) is 0 Å². The first-order chi connectivity index (χ1) is 18.2. The summed E-state index contributed by atoms with van der Waals surface area (Å²) in [5.74, 6) is -77.0. The summed E-state index contributed by atoms with van der Waals surface area (Å²) in [5.41, 5.74) is -9.59. The van der Waals surface area contributed by atoms with Gasteiger partial charge in [-0.25, -0.2) is 0 Å². The summed E-state index contributed by atoms with van der Waals surface area (Å²) >= 11 is 0. The van der Waals surface area contributed by atoms with Gasteiger partial charge in [0.25, 0.3) is 0 Å². The number of nitrogens with zero attached hydrogens (tertiary/aromatic N) is 1. The standard InChI is InChI=1S/C12F30NSi/c13-1(14,3(17,18)5(21,22)7(25,26)27)2(15,16)4(19,20)6(23,24)9(31,32)43(41,42)44(11(35,36)37,12(38,39)40)10(33,34)8(28,29)30/q+1. The molecule has 0 amide bonds. The van der Waals surface area contributed by atoms with Gasteiger partial charge in [0.1, 0.15) is 0 Å². The van der Waals surface area contributed by atoms with E-state index in [1.165, 1.54) is 0 Å². The highest BCUT2D eigenvalue weighted by Gasteiger charge is 3.13. The van der Waals surface area contributed by atoms with Gasteiger partial charge in [-0.3, -0.25) is 0 Å².